The molecule has 1 unspecified atom stereocenters. The van der Waals surface area contributed by atoms with Gasteiger partial charge in [0.15, 0.2) is 0 Å². The minimum absolute atomic E-state index is 0.00890. The SMILES string of the molecule is CC(C)c1ccc(CC2(O)CSCCC2(C)C)cc1. The second-order valence-electron chi connectivity index (χ2n) is 6.79. The third-order valence-corrected chi connectivity index (χ3v) is 5.79. The summed E-state index contributed by atoms with van der Waals surface area (Å²) in [6.45, 7) is 8.83. The second-order valence-corrected chi connectivity index (χ2v) is 7.90. The van der Waals surface area contributed by atoms with Crippen molar-refractivity contribution in [2.45, 2.75) is 52.1 Å². The molecule has 1 heterocycles. The van der Waals surface area contributed by atoms with Crippen LogP contribution < -0.4 is 0 Å². The molecule has 1 atom stereocenters. The number of thioether (sulfide) groups is 1. The van der Waals surface area contributed by atoms with Gasteiger partial charge in [-0.25, -0.2) is 0 Å². The normalized spacial score (nSPS) is 26.6. The van der Waals surface area contributed by atoms with Crippen molar-refractivity contribution in [1.29, 1.82) is 0 Å². The van der Waals surface area contributed by atoms with Gasteiger partial charge in [0.05, 0.1) is 5.60 Å². The number of hydrogen-bond acceptors (Lipinski definition) is 2. The summed E-state index contributed by atoms with van der Waals surface area (Å²) in [6.07, 6.45) is 1.86. The molecule has 0 radical (unpaired) electrons. The standard InChI is InChI=1S/C17H26OS/c1-13(2)15-7-5-14(6-8-15)11-17(18)12-19-10-9-16(17,3)4/h5-8,13,18H,9-12H2,1-4H3. The molecular formula is C17H26OS. The minimum atomic E-state index is -0.574. The van der Waals surface area contributed by atoms with Crippen LogP contribution in [0.2, 0.25) is 0 Å². The number of aliphatic hydroxyl groups is 1. The van der Waals surface area contributed by atoms with Gasteiger partial charge in [0.1, 0.15) is 0 Å². The highest BCUT2D eigenvalue weighted by Crippen LogP contribution is 2.44. The van der Waals surface area contributed by atoms with Gasteiger partial charge in [0, 0.05) is 12.2 Å². The summed E-state index contributed by atoms with van der Waals surface area (Å²) in [4.78, 5) is 0. The van der Waals surface area contributed by atoms with Crippen LogP contribution in [0.25, 0.3) is 0 Å². The van der Waals surface area contributed by atoms with E-state index in [-0.39, 0.29) is 5.41 Å². The van der Waals surface area contributed by atoms with Crippen LogP contribution in [0.4, 0.5) is 0 Å². The first-order valence-electron chi connectivity index (χ1n) is 7.23. The molecule has 106 valence electrons. The topological polar surface area (TPSA) is 20.2 Å². The lowest BCUT2D eigenvalue weighted by Crippen LogP contribution is -2.51. The fraction of sp³-hybridized carbons (Fsp3) is 0.647. The smallest absolute Gasteiger partial charge is 0.0828 e. The Morgan fingerprint density at radius 3 is 2.37 bits per heavy atom. The van der Waals surface area contributed by atoms with E-state index in [0.717, 1.165) is 18.6 Å². The molecule has 1 N–H and O–H groups in total. The summed E-state index contributed by atoms with van der Waals surface area (Å²) in [7, 11) is 0. The maximum atomic E-state index is 11.0. The summed E-state index contributed by atoms with van der Waals surface area (Å²) in [5.41, 5.74) is 2.06. The van der Waals surface area contributed by atoms with E-state index in [9.17, 15) is 5.11 Å². The molecule has 2 rings (SSSR count). The fourth-order valence-corrected chi connectivity index (χ4v) is 4.27. The maximum absolute atomic E-state index is 11.0. The van der Waals surface area contributed by atoms with E-state index in [2.05, 4.69) is 52.0 Å². The first kappa shape index (κ1) is 14.9. The Labute approximate surface area is 121 Å². The van der Waals surface area contributed by atoms with E-state index < -0.39 is 5.60 Å². The van der Waals surface area contributed by atoms with Gasteiger partial charge in [-0.2, -0.15) is 11.8 Å². The lowest BCUT2D eigenvalue weighted by Gasteiger charge is -2.46. The predicted octanol–water partition coefficient (Wildman–Crippen LogP) is 4.25. The summed E-state index contributed by atoms with van der Waals surface area (Å²) >= 11 is 1.88. The van der Waals surface area contributed by atoms with E-state index in [0.29, 0.717) is 5.92 Å². The molecule has 1 aromatic carbocycles. The van der Waals surface area contributed by atoms with Crippen molar-refractivity contribution in [2.24, 2.45) is 5.41 Å². The highest BCUT2D eigenvalue weighted by Gasteiger charge is 2.45. The van der Waals surface area contributed by atoms with Crippen LogP contribution in [-0.4, -0.2) is 22.2 Å². The second kappa shape index (κ2) is 5.49. The third-order valence-electron chi connectivity index (χ3n) is 4.61. The van der Waals surface area contributed by atoms with Crippen LogP contribution >= 0.6 is 11.8 Å². The van der Waals surface area contributed by atoms with Crippen molar-refractivity contribution >= 4 is 11.8 Å². The first-order chi connectivity index (χ1) is 8.84. The molecule has 19 heavy (non-hydrogen) atoms. The molecule has 0 bridgehead atoms. The van der Waals surface area contributed by atoms with Gasteiger partial charge in [0.25, 0.3) is 0 Å². The molecule has 1 saturated heterocycles. The molecule has 1 aromatic rings. The van der Waals surface area contributed by atoms with E-state index in [4.69, 9.17) is 0 Å². The van der Waals surface area contributed by atoms with Gasteiger partial charge in [-0.3, -0.25) is 0 Å². The predicted molar refractivity (Wildman–Crippen MR) is 84.9 cm³/mol. The average Bonchev–Trinajstić information content (AvgIpc) is 2.34. The quantitative estimate of drug-likeness (QED) is 0.892. The van der Waals surface area contributed by atoms with Gasteiger partial charge in [-0.1, -0.05) is 52.0 Å². The summed E-state index contributed by atoms with van der Waals surface area (Å²) < 4.78 is 0. The molecular weight excluding hydrogens is 252 g/mol. The molecule has 0 saturated carbocycles. The average molecular weight is 278 g/mol. The van der Waals surface area contributed by atoms with Crippen molar-refractivity contribution in [3.63, 3.8) is 0 Å². The van der Waals surface area contributed by atoms with Gasteiger partial charge in [-0.05, 0) is 34.6 Å². The Morgan fingerprint density at radius 1 is 1.21 bits per heavy atom. The number of rotatable bonds is 3. The van der Waals surface area contributed by atoms with Crippen LogP contribution in [-0.2, 0) is 6.42 Å². The van der Waals surface area contributed by atoms with Gasteiger partial charge in [-0.15, -0.1) is 0 Å². The zero-order valence-corrected chi connectivity index (χ0v) is 13.4. The molecule has 1 nitrogen and oxygen atoms in total. The molecule has 0 amide bonds. The van der Waals surface area contributed by atoms with Gasteiger partial charge in [0.2, 0.25) is 0 Å². The molecule has 1 aliphatic rings. The highest BCUT2D eigenvalue weighted by atomic mass is 32.2. The maximum Gasteiger partial charge on any atom is 0.0828 e. The van der Waals surface area contributed by atoms with E-state index in [1.807, 2.05) is 11.8 Å². The van der Waals surface area contributed by atoms with Crippen LogP contribution in [0, 0.1) is 5.41 Å². The Hall–Kier alpha value is -0.470. The molecule has 0 aliphatic carbocycles. The monoisotopic (exact) mass is 278 g/mol. The Balaban J connectivity index is 2.15. The molecule has 1 aliphatic heterocycles. The van der Waals surface area contributed by atoms with Gasteiger partial charge >= 0.3 is 0 Å². The zero-order valence-electron chi connectivity index (χ0n) is 12.6. The molecule has 1 fully saturated rings. The Bertz CT molecular complexity index is 421. The summed E-state index contributed by atoms with van der Waals surface area (Å²) in [5.74, 6) is 2.59. The summed E-state index contributed by atoms with van der Waals surface area (Å²) in [6, 6.07) is 8.77. The number of hydrogen-bond donors (Lipinski definition) is 1. The number of benzene rings is 1. The fourth-order valence-electron chi connectivity index (χ4n) is 2.64. The minimum Gasteiger partial charge on any atom is -0.388 e. The highest BCUT2D eigenvalue weighted by molar-refractivity contribution is 7.99. The third kappa shape index (κ3) is 3.17. The molecule has 0 spiro atoms. The van der Waals surface area contributed by atoms with E-state index >= 15 is 0 Å². The van der Waals surface area contributed by atoms with E-state index in [1.165, 1.54) is 16.9 Å². The summed E-state index contributed by atoms with van der Waals surface area (Å²) in [5, 5.41) is 11.0. The van der Waals surface area contributed by atoms with Crippen LogP contribution in [0.1, 0.15) is 51.2 Å². The molecule has 0 aromatic heterocycles. The van der Waals surface area contributed by atoms with Crippen LogP contribution in [0.15, 0.2) is 24.3 Å². The Kier molecular flexibility index (Phi) is 4.32. The van der Waals surface area contributed by atoms with Crippen LogP contribution in [0.3, 0.4) is 0 Å². The van der Waals surface area contributed by atoms with Crippen molar-refractivity contribution in [1.82, 2.24) is 0 Å². The Morgan fingerprint density at radius 2 is 1.84 bits per heavy atom. The van der Waals surface area contributed by atoms with Crippen molar-refractivity contribution < 1.29 is 5.11 Å². The first-order valence-corrected chi connectivity index (χ1v) is 8.38. The van der Waals surface area contributed by atoms with Crippen molar-refractivity contribution in [3.8, 4) is 0 Å². The lowest BCUT2D eigenvalue weighted by molar-refractivity contribution is -0.0513. The van der Waals surface area contributed by atoms with Crippen molar-refractivity contribution in [2.75, 3.05) is 11.5 Å². The van der Waals surface area contributed by atoms with E-state index in [1.54, 1.807) is 0 Å². The van der Waals surface area contributed by atoms with Gasteiger partial charge < -0.3 is 5.11 Å². The zero-order chi connectivity index (χ0) is 14.1. The largest absolute Gasteiger partial charge is 0.388 e. The van der Waals surface area contributed by atoms with Crippen molar-refractivity contribution in [3.05, 3.63) is 35.4 Å². The lowest BCUT2D eigenvalue weighted by atomic mass is 9.70. The van der Waals surface area contributed by atoms with Crippen LogP contribution in [0.5, 0.6) is 0 Å². The molecule has 2 heteroatoms.